The quantitative estimate of drug-likeness (QED) is 0.856. The number of hydrogen-bond acceptors (Lipinski definition) is 4. The van der Waals surface area contributed by atoms with Crippen LogP contribution in [0.4, 0.5) is 0 Å². The first-order valence-electron chi connectivity index (χ1n) is 6.82. The molecule has 0 saturated heterocycles. The van der Waals surface area contributed by atoms with E-state index in [-0.39, 0.29) is 11.9 Å². The first-order valence-corrected chi connectivity index (χ1v) is 6.82. The Morgan fingerprint density at radius 1 is 1.35 bits per heavy atom. The van der Waals surface area contributed by atoms with Gasteiger partial charge in [-0.05, 0) is 30.9 Å². The third-order valence-electron chi connectivity index (χ3n) is 3.87. The number of carbonyl (C=O) groups is 1. The molecule has 1 fully saturated rings. The van der Waals surface area contributed by atoms with E-state index >= 15 is 0 Å². The van der Waals surface area contributed by atoms with Crippen LogP contribution in [0.2, 0.25) is 0 Å². The van der Waals surface area contributed by atoms with Gasteiger partial charge in [0.05, 0.1) is 14.2 Å². The number of methoxy groups -OCH3 is 2. The van der Waals surface area contributed by atoms with E-state index < -0.39 is 0 Å². The Morgan fingerprint density at radius 2 is 1.90 bits per heavy atom. The second kappa shape index (κ2) is 6.13. The Morgan fingerprint density at radius 3 is 2.30 bits per heavy atom. The van der Waals surface area contributed by atoms with Crippen LogP contribution in [0.5, 0.6) is 11.5 Å². The number of carbonyl (C=O) groups excluding carboxylic acids is 1. The lowest BCUT2D eigenvalue weighted by Gasteiger charge is -2.28. The third-order valence-corrected chi connectivity index (χ3v) is 3.87. The average Bonchev–Trinajstić information content (AvgIpc) is 3.30. The van der Waals surface area contributed by atoms with E-state index in [4.69, 9.17) is 15.2 Å². The van der Waals surface area contributed by atoms with Crippen LogP contribution in [0.25, 0.3) is 0 Å². The van der Waals surface area contributed by atoms with Crippen molar-refractivity contribution in [3.8, 4) is 11.5 Å². The van der Waals surface area contributed by atoms with Crippen LogP contribution in [0.3, 0.4) is 0 Å². The Labute approximate surface area is 119 Å². The minimum atomic E-state index is -0.110. The molecular weight excluding hydrogens is 256 g/mol. The monoisotopic (exact) mass is 278 g/mol. The average molecular weight is 278 g/mol. The van der Waals surface area contributed by atoms with Gasteiger partial charge in [0.15, 0.2) is 0 Å². The number of hydrogen-bond donors (Lipinski definition) is 1. The van der Waals surface area contributed by atoms with Gasteiger partial charge in [0.2, 0.25) is 0 Å². The Hall–Kier alpha value is -1.75. The first kappa shape index (κ1) is 14.7. The molecule has 20 heavy (non-hydrogen) atoms. The smallest absolute Gasteiger partial charge is 0.261 e. The molecule has 0 bridgehead atoms. The molecule has 0 aliphatic heterocycles. The fraction of sp³-hybridized carbons (Fsp3) is 0.533. The van der Waals surface area contributed by atoms with E-state index in [9.17, 15) is 4.79 Å². The van der Waals surface area contributed by atoms with Gasteiger partial charge in [-0.25, -0.2) is 0 Å². The maximum Gasteiger partial charge on any atom is 0.261 e. The maximum atomic E-state index is 12.7. The summed E-state index contributed by atoms with van der Waals surface area (Å²) < 4.78 is 10.6. The van der Waals surface area contributed by atoms with Gasteiger partial charge >= 0.3 is 0 Å². The third kappa shape index (κ3) is 2.72. The number of nitrogens with zero attached hydrogens (tertiary/aromatic N) is 1. The van der Waals surface area contributed by atoms with Gasteiger partial charge in [-0.3, -0.25) is 4.79 Å². The normalized spacial score (nSPS) is 15.6. The van der Waals surface area contributed by atoms with Crippen molar-refractivity contribution < 1.29 is 14.3 Å². The van der Waals surface area contributed by atoms with Crippen molar-refractivity contribution in [2.75, 3.05) is 27.8 Å². The highest BCUT2D eigenvalue weighted by Gasteiger charge is 2.36. The van der Waals surface area contributed by atoms with Crippen LogP contribution in [-0.4, -0.2) is 44.7 Å². The number of amides is 1. The van der Waals surface area contributed by atoms with E-state index in [1.807, 2.05) is 0 Å². The molecule has 110 valence electrons. The Bertz CT molecular complexity index is 464. The molecule has 1 amide bonds. The SMILES string of the molecule is COc1cccc(OC)c1C(=O)N(C)C(CN)C1CC1. The predicted octanol–water partition coefficient (Wildman–Crippen LogP) is 1.51. The summed E-state index contributed by atoms with van der Waals surface area (Å²) in [5, 5.41) is 0. The summed E-state index contributed by atoms with van der Waals surface area (Å²) in [5.41, 5.74) is 6.27. The minimum absolute atomic E-state index is 0.0807. The van der Waals surface area contributed by atoms with E-state index in [1.165, 1.54) is 0 Å². The van der Waals surface area contributed by atoms with E-state index in [0.717, 1.165) is 12.8 Å². The highest BCUT2D eigenvalue weighted by Crippen LogP contribution is 2.36. The standard InChI is InChI=1S/C15H22N2O3/c1-17(11(9-16)10-7-8-10)15(18)14-12(19-2)5-4-6-13(14)20-3/h4-6,10-11H,7-9,16H2,1-3H3. The summed E-state index contributed by atoms with van der Waals surface area (Å²) in [6.45, 7) is 0.477. The van der Waals surface area contributed by atoms with Gasteiger partial charge in [-0.1, -0.05) is 6.07 Å². The summed E-state index contributed by atoms with van der Waals surface area (Å²) >= 11 is 0. The minimum Gasteiger partial charge on any atom is -0.496 e. The lowest BCUT2D eigenvalue weighted by Crippen LogP contribution is -2.43. The van der Waals surface area contributed by atoms with Gasteiger partial charge < -0.3 is 20.1 Å². The predicted molar refractivity (Wildman–Crippen MR) is 77.2 cm³/mol. The molecule has 1 atom stereocenters. The molecule has 1 aliphatic carbocycles. The molecule has 0 heterocycles. The molecule has 2 rings (SSSR count). The van der Waals surface area contributed by atoms with Crippen LogP contribution in [0.15, 0.2) is 18.2 Å². The van der Waals surface area contributed by atoms with Crippen molar-refractivity contribution in [1.82, 2.24) is 4.90 Å². The second-order valence-corrected chi connectivity index (χ2v) is 5.09. The number of ether oxygens (including phenoxy) is 2. The van der Waals surface area contributed by atoms with Gasteiger partial charge in [-0.15, -0.1) is 0 Å². The van der Waals surface area contributed by atoms with Crippen LogP contribution in [-0.2, 0) is 0 Å². The Balaban J connectivity index is 2.31. The van der Waals surface area contributed by atoms with Gasteiger partial charge in [0.25, 0.3) is 5.91 Å². The summed E-state index contributed by atoms with van der Waals surface area (Å²) in [6, 6.07) is 5.41. The summed E-state index contributed by atoms with van der Waals surface area (Å²) in [4.78, 5) is 14.5. The van der Waals surface area contributed by atoms with Gasteiger partial charge in [0, 0.05) is 19.6 Å². The fourth-order valence-electron chi connectivity index (χ4n) is 2.54. The summed E-state index contributed by atoms with van der Waals surface area (Å²) in [7, 11) is 4.89. The van der Waals surface area contributed by atoms with E-state index in [2.05, 4.69) is 0 Å². The van der Waals surface area contributed by atoms with Crippen molar-refractivity contribution in [3.63, 3.8) is 0 Å². The summed E-state index contributed by atoms with van der Waals surface area (Å²) in [6.07, 6.45) is 2.28. The molecule has 0 aromatic heterocycles. The molecule has 5 nitrogen and oxygen atoms in total. The molecule has 1 saturated carbocycles. The highest BCUT2D eigenvalue weighted by atomic mass is 16.5. The molecular formula is C15H22N2O3. The lowest BCUT2D eigenvalue weighted by molar-refractivity contribution is 0.0711. The fourth-order valence-corrected chi connectivity index (χ4v) is 2.54. The second-order valence-electron chi connectivity index (χ2n) is 5.09. The van der Waals surface area contributed by atoms with E-state index in [1.54, 1.807) is 44.4 Å². The van der Waals surface area contributed by atoms with Crippen LogP contribution in [0, 0.1) is 5.92 Å². The van der Waals surface area contributed by atoms with Crippen LogP contribution < -0.4 is 15.2 Å². The van der Waals surface area contributed by atoms with Crippen molar-refractivity contribution in [1.29, 1.82) is 0 Å². The van der Waals surface area contributed by atoms with Crippen molar-refractivity contribution in [2.24, 2.45) is 11.7 Å². The molecule has 0 radical (unpaired) electrons. The molecule has 0 spiro atoms. The summed E-state index contributed by atoms with van der Waals surface area (Å²) in [5.74, 6) is 1.46. The zero-order valence-corrected chi connectivity index (χ0v) is 12.3. The molecule has 1 aliphatic rings. The topological polar surface area (TPSA) is 64.8 Å². The number of likely N-dealkylation sites (N-methyl/N-ethyl adjacent to an activating group) is 1. The molecule has 2 N–H and O–H groups in total. The van der Waals surface area contributed by atoms with Crippen molar-refractivity contribution in [3.05, 3.63) is 23.8 Å². The number of rotatable bonds is 6. The molecule has 5 heteroatoms. The Kier molecular flexibility index (Phi) is 4.49. The molecule has 1 unspecified atom stereocenters. The zero-order chi connectivity index (χ0) is 14.7. The van der Waals surface area contributed by atoms with Gasteiger partial charge in [-0.2, -0.15) is 0 Å². The lowest BCUT2D eigenvalue weighted by atomic mass is 10.1. The first-order chi connectivity index (χ1) is 9.63. The van der Waals surface area contributed by atoms with Crippen LogP contribution in [0.1, 0.15) is 23.2 Å². The zero-order valence-electron chi connectivity index (χ0n) is 12.3. The molecule has 1 aromatic rings. The van der Waals surface area contributed by atoms with Gasteiger partial charge in [0.1, 0.15) is 17.1 Å². The van der Waals surface area contributed by atoms with E-state index in [0.29, 0.717) is 29.5 Å². The van der Waals surface area contributed by atoms with Crippen molar-refractivity contribution in [2.45, 2.75) is 18.9 Å². The molecule has 1 aromatic carbocycles. The number of benzene rings is 1. The maximum absolute atomic E-state index is 12.7. The largest absolute Gasteiger partial charge is 0.496 e. The number of nitrogens with two attached hydrogens (primary N) is 1. The highest BCUT2D eigenvalue weighted by molar-refractivity contribution is 5.99. The van der Waals surface area contributed by atoms with Crippen LogP contribution >= 0.6 is 0 Å². The van der Waals surface area contributed by atoms with Crippen molar-refractivity contribution >= 4 is 5.91 Å².